The molecule has 2 aromatic rings. The highest BCUT2D eigenvalue weighted by Crippen LogP contribution is 2.37. The van der Waals surface area contributed by atoms with E-state index in [1.807, 2.05) is 26.0 Å². The number of ether oxygens (including phenoxy) is 1. The molecule has 4 rings (SSSR count). The molecule has 2 aliphatic rings. The number of methoxy groups -OCH3 is 1. The third-order valence-corrected chi connectivity index (χ3v) is 6.18. The average Bonchev–Trinajstić information content (AvgIpc) is 3.04. The number of carbonyl (C=O) groups excluding carboxylic acids is 2. The standard InChI is InChI=1S/C25H29N3O3/c1-5-26-12-14-27(15-13-26)23-22(21-11-6-17(2)16-18(21)3)24(29)28(25(23)30)19-7-9-20(31-4)10-8-19/h6-11,16H,5,12-15H2,1-4H3. The number of hydrogen-bond donors (Lipinski definition) is 0. The van der Waals surface area contributed by atoms with Gasteiger partial charge in [-0.25, -0.2) is 4.90 Å². The molecule has 0 bridgehead atoms. The first-order valence-corrected chi connectivity index (χ1v) is 10.8. The number of rotatable bonds is 5. The van der Waals surface area contributed by atoms with Gasteiger partial charge < -0.3 is 14.5 Å². The van der Waals surface area contributed by atoms with E-state index in [9.17, 15) is 9.59 Å². The normalized spacial score (nSPS) is 17.7. The number of carbonyl (C=O) groups is 2. The lowest BCUT2D eigenvalue weighted by Gasteiger charge is -2.36. The van der Waals surface area contributed by atoms with Crippen molar-refractivity contribution in [3.8, 4) is 5.75 Å². The minimum atomic E-state index is -0.268. The Morgan fingerprint density at radius 2 is 1.58 bits per heavy atom. The zero-order chi connectivity index (χ0) is 22.1. The molecule has 0 aliphatic carbocycles. The zero-order valence-corrected chi connectivity index (χ0v) is 18.6. The van der Waals surface area contributed by atoms with Gasteiger partial charge in [0.15, 0.2) is 0 Å². The van der Waals surface area contributed by atoms with Crippen LogP contribution in [0.2, 0.25) is 0 Å². The van der Waals surface area contributed by atoms with E-state index in [4.69, 9.17) is 4.74 Å². The molecule has 0 N–H and O–H groups in total. The van der Waals surface area contributed by atoms with Crippen molar-refractivity contribution >= 4 is 23.1 Å². The molecular weight excluding hydrogens is 390 g/mol. The molecule has 2 amide bonds. The maximum atomic E-state index is 13.7. The van der Waals surface area contributed by atoms with E-state index in [0.717, 1.165) is 49.4 Å². The maximum Gasteiger partial charge on any atom is 0.282 e. The summed E-state index contributed by atoms with van der Waals surface area (Å²) < 4.78 is 5.23. The van der Waals surface area contributed by atoms with Gasteiger partial charge >= 0.3 is 0 Å². The predicted octanol–water partition coefficient (Wildman–Crippen LogP) is 3.23. The summed E-state index contributed by atoms with van der Waals surface area (Å²) in [6.07, 6.45) is 0. The second-order valence-electron chi connectivity index (χ2n) is 8.11. The second-order valence-corrected chi connectivity index (χ2v) is 8.11. The first-order chi connectivity index (χ1) is 14.9. The SMILES string of the molecule is CCN1CCN(C2=C(c3ccc(C)cc3C)C(=O)N(c3ccc(OC)cc3)C2=O)CC1. The minimum Gasteiger partial charge on any atom is -0.497 e. The Kier molecular flexibility index (Phi) is 5.83. The Labute approximate surface area is 183 Å². The van der Waals surface area contributed by atoms with E-state index in [0.29, 0.717) is 22.7 Å². The van der Waals surface area contributed by atoms with Gasteiger partial charge in [0.2, 0.25) is 0 Å². The Morgan fingerprint density at radius 3 is 2.16 bits per heavy atom. The fraction of sp³-hybridized carbons (Fsp3) is 0.360. The Hall–Kier alpha value is -3.12. The fourth-order valence-electron chi connectivity index (χ4n) is 4.40. The van der Waals surface area contributed by atoms with Gasteiger partial charge in [0, 0.05) is 26.2 Å². The molecule has 0 unspecified atom stereocenters. The number of anilines is 1. The Morgan fingerprint density at radius 1 is 0.903 bits per heavy atom. The van der Waals surface area contributed by atoms with E-state index in [1.54, 1.807) is 31.4 Å². The van der Waals surface area contributed by atoms with Gasteiger partial charge in [0.05, 0.1) is 18.4 Å². The summed E-state index contributed by atoms with van der Waals surface area (Å²) in [6.45, 7) is 10.4. The van der Waals surface area contributed by atoms with Crippen LogP contribution in [0.1, 0.15) is 23.6 Å². The van der Waals surface area contributed by atoms with Crippen molar-refractivity contribution in [3.63, 3.8) is 0 Å². The molecular formula is C25H29N3O3. The first kappa shape index (κ1) is 21.1. The fourth-order valence-corrected chi connectivity index (χ4v) is 4.40. The van der Waals surface area contributed by atoms with Crippen LogP contribution in [0.4, 0.5) is 5.69 Å². The monoisotopic (exact) mass is 419 g/mol. The lowest BCUT2D eigenvalue weighted by molar-refractivity contribution is -0.120. The summed E-state index contributed by atoms with van der Waals surface area (Å²) in [5.41, 5.74) is 4.53. The molecule has 6 nitrogen and oxygen atoms in total. The summed E-state index contributed by atoms with van der Waals surface area (Å²) >= 11 is 0. The maximum absolute atomic E-state index is 13.7. The molecule has 1 saturated heterocycles. The van der Waals surface area contributed by atoms with Gasteiger partial charge in [-0.2, -0.15) is 0 Å². The van der Waals surface area contributed by atoms with Crippen molar-refractivity contribution in [2.24, 2.45) is 0 Å². The van der Waals surface area contributed by atoms with E-state index in [1.165, 1.54) is 4.90 Å². The average molecular weight is 420 g/mol. The highest BCUT2D eigenvalue weighted by molar-refractivity contribution is 6.45. The van der Waals surface area contributed by atoms with Crippen LogP contribution in [-0.4, -0.2) is 61.4 Å². The van der Waals surface area contributed by atoms with E-state index in [2.05, 4.69) is 22.8 Å². The molecule has 0 atom stereocenters. The smallest absolute Gasteiger partial charge is 0.282 e. The lowest BCUT2D eigenvalue weighted by atomic mass is 9.97. The first-order valence-electron chi connectivity index (χ1n) is 10.8. The van der Waals surface area contributed by atoms with Gasteiger partial charge in [0.1, 0.15) is 11.4 Å². The minimum absolute atomic E-state index is 0.255. The topological polar surface area (TPSA) is 53.1 Å². The molecule has 0 aromatic heterocycles. The molecule has 2 aromatic carbocycles. The van der Waals surface area contributed by atoms with E-state index < -0.39 is 0 Å². The van der Waals surface area contributed by atoms with Gasteiger partial charge in [-0.15, -0.1) is 0 Å². The van der Waals surface area contributed by atoms with Crippen molar-refractivity contribution < 1.29 is 14.3 Å². The third-order valence-electron chi connectivity index (χ3n) is 6.18. The van der Waals surface area contributed by atoms with Crippen LogP contribution >= 0.6 is 0 Å². The summed E-state index contributed by atoms with van der Waals surface area (Å²) in [6, 6.07) is 13.1. The van der Waals surface area contributed by atoms with Crippen LogP contribution in [0.3, 0.4) is 0 Å². The predicted molar refractivity (Wildman–Crippen MR) is 122 cm³/mol. The molecule has 162 valence electrons. The third kappa shape index (κ3) is 3.83. The van der Waals surface area contributed by atoms with Crippen LogP contribution in [0, 0.1) is 13.8 Å². The second kappa shape index (κ2) is 8.55. The summed E-state index contributed by atoms with van der Waals surface area (Å²) in [5.74, 6) is 0.159. The van der Waals surface area contributed by atoms with Crippen LogP contribution in [0.25, 0.3) is 5.57 Å². The van der Waals surface area contributed by atoms with Gasteiger partial charge in [-0.3, -0.25) is 9.59 Å². The van der Waals surface area contributed by atoms with Crippen LogP contribution in [0.5, 0.6) is 5.75 Å². The lowest BCUT2D eigenvalue weighted by Crippen LogP contribution is -2.47. The highest BCUT2D eigenvalue weighted by Gasteiger charge is 2.43. The molecule has 1 fully saturated rings. The van der Waals surface area contributed by atoms with Crippen molar-refractivity contribution in [2.75, 3.05) is 44.7 Å². The number of imide groups is 1. The Balaban J connectivity index is 1.79. The molecule has 0 radical (unpaired) electrons. The van der Waals surface area contributed by atoms with Gasteiger partial charge in [-0.05, 0) is 55.8 Å². The molecule has 31 heavy (non-hydrogen) atoms. The van der Waals surface area contributed by atoms with E-state index in [-0.39, 0.29) is 11.8 Å². The summed E-state index contributed by atoms with van der Waals surface area (Å²) in [5, 5.41) is 0. The summed E-state index contributed by atoms with van der Waals surface area (Å²) in [7, 11) is 1.59. The molecule has 0 spiro atoms. The zero-order valence-electron chi connectivity index (χ0n) is 18.6. The van der Waals surface area contributed by atoms with Crippen LogP contribution < -0.4 is 9.64 Å². The van der Waals surface area contributed by atoms with Crippen molar-refractivity contribution in [1.82, 2.24) is 9.80 Å². The largest absolute Gasteiger partial charge is 0.497 e. The quantitative estimate of drug-likeness (QED) is 0.697. The van der Waals surface area contributed by atoms with Gasteiger partial charge in [0.25, 0.3) is 11.8 Å². The van der Waals surface area contributed by atoms with Gasteiger partial charge in [-0.1, -0.05) is 30.7 Å². The molecule has 6 heteroatoms. The molecule has 2 aliphatic heterocycles. The van der Waals surface area contributed by atoms with Crippen LogP contribution in [-0.2, 0) is 9.59 Å². The Bertz CT molecular complexity index is 1030. The number of benzene rings is 2. The number of hydrogen-bond acceptors (Lipinski definition) is 5. The number of likely N-dealkylation sites (N-methyl/N-ethyl adjacent to an activating group) is 1. The van der Waals surface area contributed by atoms with Crippen molar-refractivity contribution in [2.45, 2.75) is 20.8 Å². The van der Waals surface area contributed by atoms with Crippen molar-refractivity contribution in [1.29, 1.82) is 0 Å². The van der Waals surface area contributed by atoms with Crippen molar-refractivity contribution in [3.05, 3.63) is 64.9 Å². The molecule has 0 saturated carbocycles. The number of aryl methyl sites for hydroxylation is 2. The number of amides is 2. The van der Waals surface area contributed by atoms with E-state index >= 15 is 0 Å². The summed E-state index contributed by atoms with van der Waals surface area (Å²) in [4.78, 5) is 33.1. The number of nitrogens with zero attached hydrogens (tertiary/aromatic N) is 3. The highest BCUT2D eigenvalue weighted by atomic mass is 16.5. The molecule has 2 heterocycles. The van der Waals surface area contributed by atoms with Crippen LogP contribution in [0.15, 0.2) is 48.2 Å². The number of piperazine rings is 1.